The Balaban J connectivity index is 1.97. The van der Waals surface area contributed by atoms with E-state index in [-0.39, 0.29) is 28.2 Å². The van der Waals surface area contributed by atoms with Crippen molar-refractivity contribution < 1.29 is 4.79 Å². The standard InChI is InChI=1S/C14H16N4O3/c19-12(8-4-6-15-7-5-8)16-10-3-1-2-9-11(10)14(21)18-17-13(9)20/h1-3,8,15H,4-7H2,(H,16,19)(H,17,20)(H,18,21). The summed E-state index contributed by atoms with van der Waals surface area (Å²) < 4.78 is 0. The van der Waals surface area contributed by atoms with Crippen molar-refractivity contribution in [2.45, 2.75) is 12.8 Å². The van der Waals surface area contributed by atoms with Gasteiger partial charge in [0, 0.05) is 5.92 Å². The maximum Gasteiger partial charge on any atom is 0.272 e. The quantitative estimate of drug-likeness (QED) is 0.631. The summed E-state index contributed by atoms with van der Waals surface area (Å²) in [6, 6.07) is 4.84. The zero-order chi connectivity index (χ0) is 14.8. The van der Waals surface area contributed by atoms with Crippen molar-refractivity contribution in [1.29, 1.82) is 0 Å². The molecule has 1 aromatic carbocycles. The monoisotopic (exact) mass is 288 g/mol. The third kappa shape index (κ3) is 2.59. The molecule has 0 aliphatic carbocycles. The van der Waals surface area contributed by atoms with Crippen LogP contribution < -0.4 is 21.8 Å². The highest BCUT2D eigenvalue weighted by atomic mass is 16.2. The third-order valence-corrected chi connectivity index (χ3v) is 3.79. The van der Waals surface area contributed by atoms with Crippen molar-refractivity contribution in [3.05, 3.63) is 38.9 Å². The van der Waals surface area contributed by atoms with Crippen LogP contribution in [-0.2, 0) is 4.79 Å². The highest BCUT2D eigenvalue weighted by molar-refractivity contribution is 6.02. The van der Waals surface area contributed by atoms with Crippen LogP contribution in [0.15, 0.2) is 27.8 Å². The lowest BCUT2D eigenvalue weighted by Gasteiger charge is -2.22. The van der Waals surface area contributed by atoms with Crippen molar-refractivity contribution in [1.82, 2.24) is 15.5 Å². The molecule has 2 heterocycles. The molecule has 110 valence electrons. The summed E-state index contributed by atoms with van der Waals surface area (Å²) in [7, 11) is 0. The van der Waals surface area contributed by atoms with E-state index in [1.807, 2.05) is 0 Å². The lowest BCUT2D eigenvalue weighted by Crippen LogP contribution is -2.35. The summed E-state index contributed by atoms with van der Waals surface area (Å²) in [6.07, 6.45) is 1.54. The van der Waals surface area contributed by atoms with Crippen LogP contribution in [0.2, 0.25) is 0 Å². The minimum Gasteiger partial charge on any atom is -0.325 e. The van der Waals surface area contributed by atoms with E-state index in [9.17, 15) is 14.4 Å². The number of aromatic nitrogens is 2. The molecule has 1 amide bonds. The van der Waals surface area contributed by atoms with Gasteiger partial charge in [-0.1, -0.05) is 6.07 Å². The van der Waals surface area contributed by atoms with Gasteiger partial charge in [-0.15, -0.1) is 0 Å². The van der Waals surface area contributed by atoms with E-state index in [0.29, 0.717) is 5.69 Å². The Labute approximate surface area is 119 Å². The van der Waals surface area contributed by atoms with E-state index in [1.54, 1.807) is 18.2 Å². The maximum absolute atomic E-state index is 12.3. The highest BCUT2D eigenvalue weighted by Gasteiger charge is 2.21. The Morgan fingerprint density at radius 2 is 1.81 bits per heavy atom. The van der Waals surface area contributed by atoms with Gasteiger partial charge < -0.3 is 10.6 Å². The fraction of sp³-hybridized carbons (Fsp3) is 0.357. The Bertz CT molecular complexity index is 787. The predicted octanol–water partition coefficient (Wildman–Crippen LogP) is 0.154. The maximum atomic E-state index is 12.3. The highest BCUT2D eigenvalue weighted by Crippen LogP contribution is 2.20. The number of benzene rings is 1. The van der Waals surface area contributed by atoms with Gasteiger partial charge in [0.1, 0.15) is 0 Å². The predicted molar refractivity (Wildman–Crippen MR) is 79.4 cm³/mol. The van der Waals surface area contributed by atoms with Crippen LogP contribution in [0.1, 0.15) is 12.8 Å². The molecule has 1 aliphatic rings. The van der Waals surface area contributed by atoms with Gasteiger partial charge in [-0.3, -0.25) is 24.6 Å². The Kier molecular flexibility index (Phi) is 3.57. The third-order valence-electron chi connectivity index (χ3n) is 3.79. The van der Waals surface area contributed by atoms with Gasteiger partial charge in [0.05, 0.1) is 16.5 Å². The first-order valence-corrected chi connectivity index (χ1v) is 6.92. The molecule has 0 radical (unpaired) electrons. The number of aromatic amines is 2. The number of rotatable bonds is 2. The summed E-state index contributed by atoms with van der Waals surface area (Å²) in [5.41, 5.74) is -0.434. The molecule has 0 spiro atoms. The molecule has 7 heteroatoms. The zero-order valence-corrected chi connectivity index (χ0v) is 11.4. The Morgan fingerprint density at radius 1 is 1.10 bits per heavy atom. The van der Waals surface area contributed by atoms with Gasteiger partial charge in [0.25, 0.3) is 11.1 Å². The van der Waals surface area contributed by atoms with E-state index in [4.69, 9.17) is 0 Å². The smallest absolute Gasteiger partial charge is 0.272 e. The first kappa shape index (κ1) is 13.6. The average molecular weight is 288 g/mol. The molecule has 2 aromatic rings. The minimum atomic E-state index is -0.425. The van der Waals surface area contributed by atoms with Gasteiger partial charge in [-0.25, -0.2) is 0 Å². The fourth-order valence-corrected chi connectivity index (χ4v) is 2.65. The molecule has 1 aromatic heterocycles. The number of carbonyl (C=O) groups is 1. The topological polar surface area (TPSA) is 107 Å². The number of amides is 1. The molecule has 21 heavy (non-hydrogen) atoms. The molecule has 1 saturated heterocycles. The van der Waals surface area contributed by atoms with Gasteiger partial charge in [0.2, 0.25) is 5.91 Å². The summed E-state index contributed by atoms with van der Waals surface area (Å²) in [5, 5.41) is 11.0. The molecule has 1 fully saturated rings. The number of H-pyrrole nitrogens is 2. The average Bonchev–Trinajstić information content (AvgIpc) is 2.52. The number of fused-ring (bicyclic) bond motifs is 1. The summed E-state index contributed by atoms with van der Waals surface area (Å²) in [4.78, 5) is 35.9. The van der Waals surface area contributed by atoms with E-state index >= 15 is 0 Å². The number of anilines is 1. The second-order valence-corrected chi connectivity index (χ2v) is 5.15. The van der Waals surface area contributed by atoms with E-state index in [2.05, 4.69) is 20.8 Å². The molecule has 0 bridgehead atoms. The van der Waals surface area contributed by atoms with Crippen LogP contribution in [0.3, 0.4) is 0 Å². The Morgan fingerprint density at radius 3 is 2.57 bits per heavy atom. The molecule has 3 rings (SSSR count). The lowest BCUT2D eigenvalue weighted by molar-refractivity contribution is -0.120. The number of hydrogen-bond acceptors (Lipinski definition) is 4. The van der Waals surface area contributed by atoms with Crippen LogP contribution in [0.4, 0.5) is 5.69 Å². The molecule has 1 aliphatic heterocycles. The normalized spacial score (nSPS) is 16.0. The summed E-state index contributed by atoms with van der Waals surface area (Å²) >= 11 is 0. The van der Waals surface area contributed by atoms with Gasteiger partial charge in [-0.05, 0) is 38.1 Å². The van der Waals surface area contributed by atoms with Crippen LogP contribution in [0.25, 0.3) is 10.8 Å². The van der Waals surface area contributed by atoms with E-state index in [0.717, 1.165) is 25.9 Å². The lowest BCUT2D eigenvalue weighted by atomic mass is 9.97. The second-order valence-electron chi connectivity index (χ2n) is 5.15. The number of nitrogens with one attached hydrogen (secondary N) is 4. The summed E-state index contributed by atoms with van der Waals surface area (Å²) in [5.74, 6) is -0.175. The van der Waals surface area contributed by atoms with Crippen molar-refractivity contribution in [2.24, 2.45) is 5.92 Å². The number of carbonyl (C=O) groups excluding carboxylic acids is 1. The molecular weight excluding hydrogens is 272 g/mol. The van der Waals surface area contributed by atoms with Gasteiger partial charge in [0.15, 0.2) is 0 Å². The van der Waals surface area contributed by atoms with Crippen LogP contribution in [0, 0.1) is 5.92 Å². The second kappa shape index (κ2) is 5.53. The summed E-state index contributed by atoms with van der Waals surface area (Å²) in [6.45, 7) is 1.63. The molecule has 0 saturated carbocycles. The van der Waals surface area contributed by atoms with Crippen molar-refractivity contribution in [2.75, 3.05) is 18.4 Å². The first-order chi connectivity index (χ1) is 10.2. The van der Waals surface area contributed by atoms with Crippen LogP contribution >= 0.6 is 0 Å². The van der Waals surface area contributed by atoms with Crippen LogP contribution in [-0.4, -0.2) is 29.2 Å². The molecule has 4 N–H and O–H groups in total. The van der Waals surface area contributed by atoms with Crippen LogP contribution in [0.5, 0.6) is 0 Å². The van der Waals surface area contributed by atoms with Crippen molar-refractivity contribution >= 4 is 22.4 Å². The first-order valence-electron chi connectivity index (χ1n) is 6.92. The molecule has 0 atom stereocenters. The van der Waals surface area contributed by atoms with Gasteiger partial charge >= 0.3 is 0 Å². The minimum absolute atomic E-state index is 0.0671. The number of piperidine rings is 1. The molecular formula is C14H16N4O3. The largest absolute Gasteiger partial charge is 0.325 e. The van der Waals surface area contributed by atoms with E-state index < -0.39 is 5.56 Å². The van der Waals surface area contributed by atoms with E-state index in [1.165, 1.54) is 0 Å². The number of hydrogen-bond donors (Lipinski definition) is 4. The SMILES string of the molecule is O=C(Nc1cccc2c(=O)[nH][nH]c(=O)c12)C1CCNCC1. The Hall–Kier alpha value is -2.41. The van der Waals surface area contributed by atoms with Crippen molar-refractivity contribution in [3.8, 4) is 0 Å². The molecule has 0 unspecified atom stereocenters. The van der Waals surface area contributed by atoms with Gasteiger partial charge in [-0.2, -0.15) is 0 Å². The fourth-order valence-electron chi connectivity index (χ4n) is 2.65. The zero-order valence-electron chi connectivity index (χ0n) is 11.4. The van der Waals surface area contributed by atoms with Crippen molar-refractivity contribution in [3.63, 3.8) is 0 Å². The molecule has 7 nitrogen and oxygen atoms in total.